The number of nitrogens with zero attached hydrogens (tertiary/aromatic N) is 2. The third-order valence-corrected chi connectivity index (χ3v) is 2.73. The van der Waals surface area contributed by atoms with Gasteiger partial charge in [-0.1, -0.05) is 6.58 Å². The van der Waals surface area contributed by atoms with Crippen LogP contribution in [0.1, 0.15) is 24.8 Å². The first kappa shape index (κ1) is 9.25. The van der Waals surface area contributed by atoms with E-state index in [9.17, 15) is 0 Å². The second kappa shape index (κ2) is 4.27. The smallest absolute Gasteiger partial charge is 0.0382 e. The lowest BCUT2D eigenvalue weighted by molar-refractivity contribution is 0.326. The van der Waals surface area contributed by atoms with Gasteiger partial charge in [0, 0.05) is 36.7 Å². The molecule has 2 heteroatoms. The number of likely N-dealkylation sites (tertiary alicyclic amines) is 1. The summed E-state index contributed by atoms with van der Waals surface area (Å²) in [5, 5.41) is 0. The van der Waals surface area contributed by atoms with Crippen LogP contribution in [0.5, 0.6) is 0 Å². The summed E-state index contributed by atoms with van der Waals surface area (Å²) in [5.74, 6) is 0. The molecule has 1 aromatic heterocycles. The Bertz CT molecular complexity index is 299. The monoisotopic (exact) mass is 188 g/mol. The van der Waals surface area contributed by atoms with Crippen molar-refractivity contribution >= 4 is 5.70 Å². The number of hydrogen-bond donors (Lipinski definition) is 0. The maximum atomic E-state index is 4.13. The summed E-state index contributed by atoms with van der Waals surface area (Å²) < 4.78 is 0. The van der Waals surface area contributed by atoms with Gasteiger partial charge in [0.15, 0.2) is 0 Å². The first-order chi connectivity index (χ1) is 6.88. The molecule has 0 aromatic carbocycles. The van der Waals surface area contributed by atoms with Crippen LogP contribution in [0.15, 0.2) is 31.1 Å². The van der Waals surface area contributed by atoms with Gasteiger partial charge in [-0.2, -0.15) is 0 Å². The highest BCUT2D eigenvalue weighted by molar-refractivity contribution is 5.60. The van der Waals surface area contributed by atoms with Gasteiger partial charge in [0.1, 0.15) is 0 Å². The summed E-state index contributed by atoms with van der Waals surface area (Å²) in [4.78, 5) is 6.47. The third kappa shape index (κ3) is 1.95. The van der Waals surface area contributed by atoms with E-state index in [4.69, 9.17) is 0 Å². The Labute approximate surface area is 85.3 Å². The molecule has 0 aliphatic carbocycles. The molecule has 1 saturated heterocycles. The van der Waals surface area contributed by atoms with Gasteiger partial charge >= 0.3 is 0 Å². The summed E-state index contributed by atoms with van der Waals surface area (Å²) in [7, 11) is 0. The van der Waals surface area contributed by atoms with Crippen molar-refractivity contribution in [3.8, 4) is 0 Å². The van der Waals surface area contributed by atoms with Crippen LogP contribution >= 0.6 is 0 Å². The lowest BCUT2D eigenvalue weighted by Crippen LogP contribution is -2.27. The Morgan fingerprint density at radius 2 is 2.07 bits per heavy atom. The molecule has 0 unspecified atom stereocenters. The van der Waals surface area contributed by atoms with E-state index in [1.54, 1.807) is 6.20 Å². The maximum Gasteiger partial charge on any atom is 0.0382 e. The van der Waals surface area contributed by atoms with Gasteiger partial charge in [-0.3, -0.25) is 4.98 Å². The number of piperidine rings is 1. The van der Waals surface area contributed by atoms with E-state index in [-0.39, 0.29) is 0 Å². The predicted octanol–water partition coefficient (Wildman–Crippen LogP) is 2.54. The first-order valence-corrected chi connectivity index (χ1v) is 5.22. The van der Waals surface area contributed by atoms with Gasteiger partial charge < -0.3 is 4.90 Å². The van der Waals surface area contributed by atoms with Crippen molar-refractivity contribution in [1.29, 1.82) is 0 Å². The molecule has 0 radical (unpaired) electrons. The molecule has 0 amide bonds. The predicted molar refractivity (Wildman–Crippen MR) is 58.7 cm³/mol. The average Bonchev–Trinajstić information content (AvgIpc) is 2.30. The number of hydrogen-bond acceptors (Lipinski definition) is 2. The van der Waals surface area contributed by atoms with Crippen LogP contribution in [0.25, 0.3) is 5.70 Å². The van der Waals surface area contributed by atoms with Crippen LogP contribution < -0.4 is 0 Å². The van der Waals surface area contributed by atoms with Crippen LogP contribution in [0.2, 0.25) is 0 Å². The van der Waals surface area contributed by atoms with E-state index in [2.05, 4.69) is 22.5 Å². The summed E-state index contributed by atoms with van der Waals surface area (Å²) in [5.41, 5.74) is 2.27. The maximum absolute atomic E-state index is 4.13. The Hall–Kier alpha value is -1.31. The van der Waals surface area contributed by atoms with E-state index >= 15 is 0 Å². The van der Waals surface area contributed by atoms with Crippen molar-refractivity contribution in [3.05, 3.63) is 36.7 Å². The molecule has 14 heavy (non-hydrogen) atoms. The second-order valence-electron chi connectivity index (χ2n) is 3.74. The topological polar surface area (TPSA) is 16.1 Å². The third-order valence-electron chi connectivity index (χ3n) is 2.73. The van der Waals surface area contributed by atoms with Crippen LogP contribution in [-0.2, 0) is 0 Å². The fourth-order valence-electron chi connectivity index (χ4n) is 1.88. The zero-order valence-corrected chi connectivity index (χ0v) is 8.45. The van der Waals surface area contributed by atoms with Crippen molar-refractivity contribution < 1.29 is 0 Å². The van der Waals surface area contributed by atoms with E-state index in [1.165, 1.54) is 19.3 Å². The molecule has 0 atom stereocenters. The lowest BCUT2D eigenvalue weighted by Gasteiger charge is -2.30. The molecule has 1 aliphatic rings. The van der Waals surface area contributed by atoms with Crippen molar-refractivity contribution in [2.75, 3.05) is 13.1 Å². The number of rotatable bonds is 2. The van der Waals surface area contributed by atoms with Crippen molar-refractivity contribution in [2.45, 2.75) is 19.3 Å². The van der Waals surface area contributed by atoms with E-state index in [0.29, 0.717) is 0 Å². The molecule has 0 N–H and O–H groups in total. The van der Waals surface area contributed by atoms with Gasteiger partial charge in [-0.25, -0.2) is 0 Å². The SMILES string of the molecule is C=C(c1cccnc1)N1CCCCC1. The minimum atomic E-state index is 1.12. The minimum Gasteiger partial charge on any atom is -0.371 e. The Morgan fingerprint density at radius 3 is 2.71 bits per heavy atom. The zero-order valence-electron chi connectivity index (χ0n) is 8.45. The van der Waals surface area contributed by atoms with Gasteiger partial charge in [0.05, 0.1) is 0 Å². The van der Waals surface area contributed by atoms with Crippen molar-refractivity contribution in [2.24, 2.45) is 0 Å². The van der Waals surface area contributed by atoms with E-state index in [1.807, 2.05) is 12.3 Å². The van der Waals surface area contributed by atoms with Crippen LogP contribution in [0.3, 0.4) is 0 Å². The number of pyridine rings is 1. The molecule has 0 saturated carbocycles. The summed E-state index contributed by atoms with van der Waals surface area (Å²) in [6, 6.07) is 4.04. The number of aromatic nitrogens is 1. The van der Waals surface area contributed by atoms with Crippen LogP contribution in [-0.4, -0.2) is 23.0 Å². The fourth-order valence-corrected chi connectivity index (χ4v) is 1.88. The molecule has 2 nitrogen and oxygen atoms in total. The highest BCUT2D eigenvalue weighted by Gasteiger charge is 2.12. The Balaban J connectivity index is 2.07. The normalized spacial score (nSPS) is 16.7. The molecule has 1 aliphatic heterocycles. The molecule has 1 aromatic rings. The molecule has 0 bridgehead atoms. The molecule has 0 spiro atoms. The molecule has 2 rings (SSSR count). The lowest BCUT2D eigenvalue weighted by atomic mass is 10.1. The fraction of sp³-hybridized carbons (Fsp3) is 0.417. The Kier molecular flexibility index (Phi) is 2.82. The highest BCUT2D eigenvalue weighted by atomic mass is 15.1. The quantitative estimate of drug-likeness (QED) is 0.709. The van der Waals surface area contributed by atoms with Crippen LogP contribution in [0, 0.1) is 0 Å². The van der Waals surface area contributed by atoms with Gasteiger partial charge in [0.25, 0.3) is 0 Å². The van der Waals surface area contributed by atoms with Crippen LogP contribution in [0.4, 0.5) is 0 Å². The minimum absolute atomic E-state index is 1.12. The molecule has 1 fully saturated rings. The average molecular weight is 188 g/mol. The molecule has 74 valence electrons. The second-order valence-corrected chi connectivity index (χ2v) is 3.74. The summed E-state index contributed by atoms with van der Waals surface area (Å²) in [6.45, 7) is 6.43. The summed E-state index contributed by atoms with van der Waals surface area (Å²) >= 11 is 0. The standard InChI is InChI=1S/C12H16N2/c1-11(12-6-5-7-13-10-12)14-8-3-2-4-9-14/h5-7,10H,1-4,8-9H2. The van der Waals surface area contributed by atoms with Crippen molar-refractivity contribution in [3.63, 3.8) is 0 Å². The molecular formula is C12H16N2. The van der Waals surface area contributed by atoms with E-state index < -0.39 is 0 Å². The highest BCUT2D eigenvalue weighted by Crippen LogP contribution is 2.20. The molecule has 2 heterocycles. The van der Waals surface area contributed by atoms with Crippen molar-refractivity contribution in [1.82, 2.24) is 9.88 Å². The summed E-state index contributed by atoms with van der Waals surface area (Å²) in [6.07, 6.45) is 7.62. The molecular weight excluding hydrogens is 172 g/mol. The van der Waals surface area contributed by atoms with Gasteiger partial charge in [0.2, 0.25) is 0 Å². The largest absolute Gasteiger partial charge is 0.371 e. The van der Waals surface area contributed by atoms with Gasteiger partial charge in [-0.15, -0.1) is 0 Å². The Morgan fingerprint density at radius 1 is 1.29 bits per heavy atom. The van der Waals surface area contributed by atoms with Gasteiger partial charge in [-0.05, 0) is 31.4 Å². The van der Waals surface area contributed by atoms with E-state index in [0.717, 1.165) is 24.4 Å². The first-order valence-electron chi connectivity index (χ1n) is 5.22. The zero-order chi connectivity index (χ0) is 9.80.